The van der Waals surface area contributed by atoms with Crippen LogP contribution < -0.4 is 15.4 Å². The van der Waals surface area contributed by atoms with E-state index in [1.807, 2.05) is 6.07 Å². The number of carbonyl (C=O) groups is 1. The molecule has 6 heteroatoms. The molecule has 0 atom stereocenters. The summed E-state index contributed by atoms with van der Waals surface area (Å²) in [5.41, 5.74) is 1.64. The molecule has 0 bridgehead atoms. The number of amides is 2. The van der Waals surface area contributed by atoms with Crippen LogP contribution in [-0.2, 0) is 6.42 Å². The van der Waals surface area contributed by atoms with Gasteiger partial charge in [0, 0.05) is 22.3 Å². The second-order valence-corrected chi connectivity index (χ2v) is 5.44. The Morgan fingerprint density at radius 3 is 2.50 bits per heavy atom. The van der Waals surface area contributed by atoms with Crippen LogP contribution in [0.25, 0.3) is 0 Å². The lowest BCUT2D eigenvalue weighted by Gasteiger charge is -2.09. The number of carbonyl (C=O) groups excluding carboxylic acids is 1. The van der Waals surface area contributed by atoms with Crippen molar-refractivity contribution in [2.24, 2.45) is 0 Å². The molecule has 0 aliphatic heterocycles. The molecule has 0 saturated heterocycles. The summed E-state index contributed by atoms with van der Waals surface area (Å²) in [4.78, 5) is 11.8. The lowest BCUT2D eigenvalue weighted by atomic mass is 10.1. The van der Waals surface area contributed by atoms with Gasteiger partial charge in [0.15, 0.2) is 0 Å². The van der Waals surface area contributed by atoms with Crippen LogP contribution in [0.15, 0.2) is 42.5 Å². The van der Waals surface area contributed by atoms with Crippen molar-refractivity contribution in [3.05, 3.63) is 58.1 Å². The zero-order valence-electron chi connectivity index (χ0n) is 12.0. The number of halogens is 2. The third-order valence-electron chi connectivity index (χ3n) is 3.04. The molecule has 0 radical (unpaired) electrons. The molecule has 0 aliphatic rings. The van der Waals surface area contributed by atoms with Gasteiger partial charge in [0.1, 0.15) is 5.75 Å². The van der Waals surface area contributed by atoms with E-state index >= 15 is 0 Å². The minimum atomic E-state index is -0.268. The maximum atomic E-state index is 11.8. The highest BCUT2D eigenvalue weighted by Crippen LogP contribution is 2.21. The molecule has 0 fully saturated rings. The molecular weight excluding hydrogens is 323 g/mol. The topological polar surface area (TPSA) is 50.4 Å². The molecule has 0 unspecified atom stereocenters. The van der Waals surface area contributed by atoms with Crippen LogP contribution in [0.2, 0.25) is 10.0 Å². The molecule has 22 heavy (non-hydrogen) atoms. The van der Waals surface area contributed by atoms with Gasteiger partial charge in [-0.25, -0.2) is 4.79 Å². The largest absolute Gasteiger partial charge is 0.497 e. The van der Waals surface area contributed by atoms with E-state index in [-0.39, 0.29) is 6.03 Å². The molecule has 2 aromatic carbocycles. The zero-order chi connectivity index (χ0) is 15.9. The summed E-state index contributed by atoms with van der Waals surface area (Å²) < 4.78 is 5.06. The Morgan fingerprint density at radius 1 is 1.14 bits per heavy atom. The third-order valence-corrected chi connectivity index (χ3v) is 3.63. The molecule has 4 nitrogen and oxygen atoms in total. The highest BCUT2D eigenvalue weighted by atomic mass is 35.5. The standard InChI is InChI=1S/C16H16Cl2N2O2/c1-22-14-6-4-13(5-7-14)20-16(21)19-9-8-11-2-3-12(17)10-15(11)18/h2-7,10H,8-9H2,1H3,(H2,19,20,21). The number of nitrogens with one attached hydrogen (secondary N) is 2. The zero-order valence-corrected chi connectivity index (χ0v) is 13.5. The lowest BCUT2D eigenvalue weighted by Crippen LogP contribution is -2.30. The minimum absolute atomic E-state index is 0.268. The van der Waals surface area contributed by atoms with E-state index in [4.69, 9.17) is 27.9 Å². The van der Waals surface area contributed by atoms with Crippen molar-refractivity contribution in [1.82, 2.24) is 5.32 Å². The summed E-state index contributed by atoms with van der Waals surface area (Å²) in [5, 5.41) is 6.72. The van der Waals surface area contributed by atoms with E-state index in [1.165, 1.54) is 0 Å². The van der Waals surface area contributed by atoms with Gasteiger partial charge in [0.05, 0.1) is 7.11 Å². The average molecular weight is 339 g/mol. The molecule has 2 aromatic rings. The summed E-state index contributed by atoms with van der Waals surface area (Å²) in [5.74, 6) is 0.739. The number of rotatable bonds is 5. The Morgan fingerprint density at radius 2 is 1.86 bits per heavy atom. The van der Waals surface area contributed by atoms with Gasteiger partial charge in [-0.15, -0.1) is 0 Å². The summed E-state index contributed by atoms with van der Waals surface area (Å²) in [6.07, 6.45) is 0.631. The maximum absolute atomic E-state index is 11.8. The first-order valence-electron chi connectivity index (χ1n) is 6.71. The van der Waals surface area contributed by atoms with E-state index in [0.717, 1.165) is 11.3 Å². The molecular formula is C16H16Cl2N2O2. The molecule has 2 amide bonds. The van der Waals surface area contributed by atoms with Crippen molar-refractivity contribution in [2.75, 3.05) is 19.0 Å². The van der Waals surface area contributed by atoms with Crippen LogP contribution in [0.1, 0.15) is 5.56 Å². The fraction of sp³-hybridized carbons (Fsp3) is 0.188. The SMILES string of the molecule is COc1ccc(NC(=O)NCCc2ccc(Cl)cc2Cl)cc1. The molecule has 0 aromatic heterocycles. The average Bonchev–Trinajstić information content (AvgIpc) is 2.50. The van der Waals surface area contributed by atoms with Gasteiger partial charge in [-0.3, -0.25) is 0 Å². The van der Waals surface area contributed by atoms with Gasteiger partial charge in [0.2, 0.25) is 0 Å². The van der Waals surface area contributed by atoms with Gasteiger partial charge < -0.3 is 15.4 Å². The second kappa shape index (κ2) is 7.92. The van der Waals surface area contributed by atoms with Crippen LogP contribution >= 0.6 is 23.2 Å². The van der Waals surface area contributed by atoms with Crippen molar-refractivity contribution in [3.63, 3.8) is 0 Å². The molecule has 0 aliphatic carbocycles. The van der Waals surface area contributed by atoms with Gasteiger partial charge in [-0.05, 0) is 48.4 Å². The Balaban J connectivity index is 1.79. The number of hydrogen-bond acceptors (Lipinski definition) is 2. The summed E-state index contributed by atoms with van der Waals surface area (Å²) in [6, 6.07) is 12.2. The Bertz CT molecular complexity index is 645. The Hall–Kier alpha value is -1.91. The first-order chi connectivity index (χ1) is 10.6. The highest BCUT2D eigenvalue weighted by molar-refractivity contribution is 6.35. The molecule has 0 saturated carbocycles. The van der Waals surface area contributed by atoms with Crippen molar-refractivity contribution < 1.29 is 9.53 Å². The number of hydrogen-bond donors (Lipinski definition) is 2. The van der Waals surface area contributed by atoms with Crippen LogP contribution in [0.3, 0.4) is 0 Å². The van der Waals surface area contributed by atoms with E-state index in [0.29, 0.717) is 28.7 Å². The second-order valence-electron chi connectivity index (χ2n) is 4.60. The monoisotopic (exact) mass is 338 g/mol. The van der Waals surface area contributed by atoms with Crippen molar-refractivity contribution in [3.8, 4) is 5.75 Å². The molecule has 0 spiro atoms. The first-order valence-corrected chi connectivity index (χ1v) is 7.47. The van der Waals surface area contributed by atoms with Crippen molar-refractivity contribution >= 4 is 34.9 Å². The summed E-state index contributed by atoms with van der Waals surface area (Å²) in [7, 11) is 1.59. The predicted octanol–water partition coefficient (Wildman–Crippen LogP) is 4.37. The van der Waals surface area contributed by atoms with Gasteiger partial charge in [-0.2, -0.15) is 0 Å². The van der Waals surface area contributed by atoms with Gasteiger partial charge >= 0.3 is 6.03 Å². The summed E-state index contributed by atoms with van der Waals surface area (Å²) in [6.45, 7) is 0.476. The van der Waals surface area contributed by atoms with Crippen LogP contribution in [0.5, 0.6) is 5.75 Å². The third kappa shape index (κ3) is 4.83. The van der Waals surface area contributed by atoms with E-state index in [1.54, 1.807) is 43.5 Å². The van der Waals surface area contributed by atoms with Gasteiger partial charge in [-0.1, -0.05) is 29.3 Å². The number of urea groups is 1. The first kappa shape index (κ1) is 16.5. The molecule has 2 N–H and O–H groups in total. The molecule has 2 rings (SSSR count). The van der Waals surface area contributed by atoms with Crippen molar-refractivity contribution in [2.45, 2.75) is 6.42 Å². The highest BCUT2D eigenvalue weighted by Gasteiger charge is 2.04. The van der Waals surface area contributed by atoms with Crippen LogP contribution in [0.4, 0.5) is 10.5 Å². The Labute approximate surface area is 139 Å². The number of anilines is 1. The Kier molecular flexibility index (Phi) is 5.92. The molecule has 0 heterocycles. The van der Waals surface area contributed by atoms with E-state index in [9.17, 15) is 4.79 Å². The lowest BCUT2D eigenvalue weighted by molar-refractivity contribution is 0.252. The van der Waals surface area contributed by atoms with Crippen molar-refractivity contribution in [1.29, 1.82) is 0 Å². The molecule has 116 valence electrons. The fourth-order valence-electron chi connectivity index (χ4n) is 1.88. The normalized spacial score (nSPS) is 10.1. The van der Waals surface area contributed by atoms with E-state index < -0.39 is 0 Å². The minimum Gasteiger partial charge on any atom is -0.497 e. The predicted molar refractivity (Wildman–Crippen MR) is 90.2 cm³/mol. The van der Waals surface area contributed by atoms with Crippen LogP contribution in [0, 0.1) is 0 Å². The number of benzene rings is 2. The number of methoxy groups -OCH3 is 1. The fourth-order valence-corrected chi connectivity index (χ4v) is 2.39. The summed E-state index contributed by atoms with van der Waals surface area (Å²) >= 11 is 11.9. The van der Waals surface area contributed by atoms with E-state index in [2.05, 4.69) is 10.6 Å². The smallest absolute Gasteiger partial charge is 0.319 e. The van der Waals surface area contributed by atoms with Crippen LogP contribution in [-0.4, -0.2) is 19.7 Å². The quantitative estimate of drug-likeness (QED) is 0.850. The number of ether oxygens (including phenoxy) is 1. The van der Waals surface area contributed by atoms with Gasteiger partial charge in [0.25, 0.3) is 0 Å². The maximum Gasteiger partial charge on any atom is 0.319 e.